The van der Waals surface area contributed by atoms with Crippen molar-refractivity contribution in [3.63, 3.8) is 0 Å². The molecule has 100 valence electrons. The second-order valence-electron chi connectivity index (χ2n) is 5.26. The summed E-state index contributed by atoms with van der Waals surface area (Å²) >= 11 is 0. The molecule has 0 saturated heterocycles. The summed E-state index contributed by atoms with van der Waals surface area (Å²) in [6.07, 6.45) is -0.139. The molecule has 0 aromatic heterocycles. The van der Waals surface area contributed by atoms with E-state index >= 15 is 0 Å². The predicted octanol–water partition coefficient (Wildman–Crippen LogP) is 2.50. The molecule has 18 heavy (non-hydrogen) atoms. The van der Waals surface area contributed by atoms with Gasteiger partial charge in [-0.25, -0.2) is 0 Å². The number of hydrogen-bond donors (Lipinski definition) is 2. The first-order chi connectivity index (χ1) is 8.40. The maximum Gasteiger partial charge on any atom is 0.220 e. The number of aliphatic hydroxyl groups excluding tert-OH is 1. The first kappa shape index (κ1) is 14.7. The smallest absolute Gasteiger partial charge is 0.220 e. The zero-order chi connectivity index (χ0) is 13.7. The molecule has 0 heterocycles. The number of benzene rings is 1. The Kier molecular flexibility index (Phi) is 5.35. The molecule has 0 saturated carbocycles. The van der Waals surface area contributed by atoms with Gasteiger partial charge in [0.1, 0.15) is 0 Å². The van der Waals surface area contributed by atoms with Crippen molar-refractivity contribution >= 4 is 5.91 Å². The molecule has 1 unspecified atom stereocenters. The highest BCUT2D eigenvalue weighted by Crippen LogP contribution is 2.16. The zero-order valence-corrected chi connectivity index (χ0v) is 11.7. The van der Waals surface area contributed by atoms with Crippen LogP contribution in [0.5, 0.6) is 0 Å². The van der Waals surface area contributed by atoms with Crippen LogP contribution in [0.3, 0.4) is 0 Å². The number of aliphatic hydroxyl groups is 1. The molecule has 1 amide bonds. The van der Waals surface area contributed by atoms with Crippen molar-refractivity contribution in [1.29, 1.82) is 0 Å². The Balaban J connectivity index is 2.52. The average Bonchev–Trinajstić information content (AvgIpc) is 2.28. The minimum atomic E-state index is -0.639. The highest BCUT2D eigenvalue weighted by molar-refractivity contribution is 5.76. The molecule has 0 spiro atoms. The van der Waals surface area contributed by atoms with Crippen molar-refractivity contribution < 1.29 is 9.90 Å². The van der Waals surface area contributed by atoms with Crippen LogP contribution in [-0.4, -0.2) is 17.6 Å². The third kappa shape index (κ3) is 4.49. The van der Waals surface area contributed by atoms with E-state index < -0.39 is 6.10 Å². The molecule has 0 aliphatic carbocycles. The number of hydrogen-bond acceptors (Lipinski definition) is 2. The van der Waals surface area contributed by atoms with Gasteiger partial charge in [-0.15, -0.1) is 0 Å². The molecule has 0 fully saturated rings. The molecule has 0 aliphatic heterocycles. The van der Waals surface area contributed by atoms with Gasteiger partial charge in [0.05, 0.1) is 6.10 Å². The fraction of sp³-hybridized carbons (Fsp3) is 0.533. The number of aryl methyl sites for hydroxylation is 2. The van der Waals surface area contributed by atoms with Crippen molar-refractivity contribution in [1.82, 2.24) is 5.32 Å². The van der Waals surface area contributed by atoms with Crippen molar-refractivity contribution in [3.8, 4) is 0 Å². The normalized spacial score (nSPS) is 12.6. The predicted molar refractivity (Wildman–Crippen MR) is 73.3 cm³/mol. The number of rotatable bonds is 5. The van der Waals surface area contributed by atoms with E-state index in [1.165, 1.54) is 5.56 Å². The molecule has 0 bridgehead atoms. The second-order valence-corrected chi connectivity index (χ2v) is 5.26. The van der Waals surface area contributed by atoms with Crippen LogP contribution in [0.25, 0.3) is 0 Å². The lowest BCUT2D eigenvalue weighted by atomic mass is 10.0. The Labute approximate surface area is 109 Å². The lowest BCUT2D eigenvalue weighted by Gasteiger charge is -2.14. The van der Waals surface area contributed by atoms with Crippen molar-refractivity contribution in [2.45, 2.75) is 40.2 Å². The van der Waals surface area contributed by atoms with Crippen LogP contribution in [0.1, 0.15) is 43.1 Å². The molecule has 2 N–H and O–H groups in total. The van der Waals surface area contributed by atoms with E-state index in [9.17, 15) is 9.90 Å². The van der Waals surface area contributed by atoms with E-state index in [0.29, 0.717) is 12.3 Å². The summed E-state index contributed by atoms with van der Waals surface area (Å²) in [6.45, 7) is 8.32. The SMILES string of the molecule is Cc1ccc(C(O)CNC(=O)CC(C)C)cc1C. The summed E-state index contributed by atoms with van der Waals surface area (Å²) < 4.78 is 0. The standard InChI is InChI=1S/C15H23NO2/c1-10(2)7-15(18)16-9-14(17)13-6-5-11(3)12(4)8-13/h5-6,8,10,14,17H,7,9H2,1-4H3,(H,16,18). The number of carbonyl (C=O) groups is 1. The lowest BCUT2D eigenvalue weighted by molar-refractivity contribution is -0.122. The van der Waals surface area contributed by atoms with E-state index in [-0.39, 0.29) is 12.5 Å². The van der Waals surface area contributed by atoms with Gasteiger partial charge in [-0.3, -0.25) is 4.79 Å². The van der Waals surface area contributed by atoms with E-state index in [4.69, 9.17) is 0 Å². The molecule has 0 aliphatic rings. The monoisotopic (exact) mass is 249 g/mol. The van der Waals surface area contributed by atoms with Gasteiger partial charge >= 0.3 is 0 Å². The van der Waals surface area contributed by atoms with Crippen LogP contribution in [0.15, 0.2) is 18.2 Å². The third-order valence-corrected chi connectivity index (χ3v) is 3.00. The van der Waals surface area contributed by atoms with Gasteiger partial charge in [0.15, 0.2) is 0 Å². The Morgan fingerprint density at radius 2 is 1.94 bits per heavy atom. The Morgan fingerprint density at radius 3 is 2.50 bits per heavy atom. The van der Waals surface area contributed by atoms with Crippen molar-refractivity contribution in [3.05, 3.63) is 34.9 Å². The van der Waals surface area contributed by atoms with Crippen LogP contribution < -0.4 is 5.32 Å². The first-order valence-electron chi connectivity index (χ1n) is 6.42. The topological polar surface area (TPSA) is 49.3 Å². The maximum absolute atomic E-state index is 11.5. The van der Waals surface area contributed by atoms with Gasteiger partial charge in [-0.2, -0.15) is 0 Å². The van der Waals surface area contributed by atoms with Gasteiger partial charge in [-0.1, -0.05) is 32.0 Å². The molecular weight excluding hydrogens is 226 g/mol. The van der Waals surface area contributed by atoms with E-state index in [1.807, 2.05) is 45.9 Å². The average molecular weight is 249 g/mol. The number of nitrogens with one attached hydrogen (secondary N) is 1. The van der Waals surface area contributed by atoms with Crippen LogP contribution in [0.4, 0.5) is 0 Å². The lowest BCUT2D eigenvalue weighted by Crippen LogP contribution is -2.29. The fourth-order valence-electron chi connectivity index (χ4n) is 1.74. The summed E-state index contributed by atoms with van der Waals surface area (Å²) in [6, 6.07) is 5.86. The summed E-state index contributed by atoms with van der Waals surface area (Å²) in [4.78, 5) is 11.5. The van der Waals surface area contributed by atoms with E-state index in [1.54, 1.807) is 0 Å². The van der Waals surface area contributed by atoms with Crippen molar-refractivity contribution in [2.75, 3.05) is 6.54 Å². The number of carbonyl (C=O) groups excluding carboxylic acids is 1. The molecular formula is C15H23NO2. The summed E-state index contributed by atoms with van der Waals surface area (Å²) in [7, 11) is 0. The minimum Gasteiger partial charge on any atom is -0.387 e. The summed E-state index contributed by atoms with van der Waals surface area (Å²) in [5.74, 6) is 0.330. The number of amides is 1. The molecule has 0 radical (unpaired) electrons. The van der Waals surface area contributed by atoms with E-state index in [2.05, 4.69) is 5.32 Å². The molecule has 3 nitrogen and oxygen atoms in total. The van der Waals surface area contributed by atoms with Gasteiger partial charge in [-0.05, 0) is 36.5 Å². The Hall–Kier alpha value is -1.35. The fourth-order valence-corrected chi connectivity index (χ4v) is 1.74. The van der Waals surface area contributed by atoms with Gasteiger partial charge < -0.3 is 10.4 Å². The zero-order valence-electron chi connectivity index (χ0n) is 11.7. The van der Waals surface area contributed by atoms with Gasteiger partial charge in [0.25, 0.3) is 0 Å². The van der Waals surface area contributed by atoms with Crippen molar-refractivity contribution in [2.24, 2.45) is 5.92 Å². The largest absolute Gasteiger partial charge is 0.387 e. The molecule has 1 aromatic rings. The summed E-state index contributed by atoms with van der Waals surface area (Å²) in [5.41, 5.74) is 3.21. The summed E-state index contributed by atoms with van der Waals surface area (Å²) in [5, 5.41) is 12.8. The molecule has 1 aromatic carbocycles. The Morgan fingerprint density at radius 1 is 1.28 bits per heavy atom. The van der Waals surface area contributed by atoms with Crippen LogP contribution in [0.2, 0.25) is 0 Å². The van der Waals surface area contributed by atoms with Gasteiger partial charge in [0, 0.05) is 13.0 Å². The van der Waals surface area contributed by atoms with Crippen LogP contribution in [0, 0.1) is 19.8 Å². The highest BCUT2D eigenvalue weighted by atomic mass is 16.3. The highest BCUT2D eigenvalue weighted by Gasteiger charge is 2.11. The molecule has 3 heteroatoms. The van der Waals surface area contributed by atoms with Crippen LogP contribution in [-0.2, 0) is 4.79 Å². The van der Waals surface area contributed by atoms with Gasteiger partial charge in [0.2, 0.25) is 5.91 Å². The minimum absolute atomic E-state index is 0.00659. The first-order valence-corrected chi connectivity index (χ1v) is 6.42. The quantitative estimate of drug-likeness (QED) is 0.842. The maximum atomic E-state index is 11.5. The van der Waals surface area contributed by atoms with E-state index in [0.717, 1.165) is 11.1 Å². The third-order valence-electron chi connectivity index (χ3n) is 3.00. The second kappa shape index (κ2) is 6.55. The Bertz CT molecular complexity index is 413. The van der Waals surface area contributed by atoms with Crippen LogP contribution >= 0.6 is 0 Å². The molecule has 1 atom stereocenters. The molecule has 1 rings (SSSR count).